The van der Waals surface area contributed by atoms with Gasteiger partial charge in [-0.05, 0) is 55.1 Å². The maximum absolute atomic E-state index is 12.1. The molecule has 26 heavy (non-hydrogen) atoms. The molecule has 1 atom stereocenters. The van der Waals surface area contributed by atoms with Gasteiger partial charge in [-0.2, -0.15) is 0 Å². The summed E-state index contributed by atoms with van der Waals surface area (Å²) in [7, 11) is 0. The third-order valence-electron chi connectivity index (χ3n) is 4.96. The molecule has 0 saturated carbocycles. The molecule has 2 heterocycles. The average Bonchev–Trinajstić information content (AvgIpc) is 3.27. The zero-order valence-electron chi connectivity index (χ0n) is 14.6. The number of hydrogen-bond acceptors (Lipinski definition) is 3. The van der Waals surface area contributed by atoms with Crippen molar-refractivity contribution in [3.05, 3.63) is 59.7 Å². The van der Waals surface area contributed by atoms with E-state index in [4.69, 9.17) is 0 Å². The molecule has 0 aromatic heterocycles. The third kappa shape index (κ3) is 4.50. The fourth-order valence-electron chi connectivity index (χ4n) is 3.62. The highest BCUT2D eigenvalue weighted by Gasteiger charge is 2.22. The highest BCUT2D eigenvalue weighted by atomic mass is 35.5. The van der Waals surface area contributed by atoms with Gasteiger partial charge in [0.25, 0.3) is 0 Å². The summed E-state index contributed by atoms with van der Waals surface area (Å²) in [6, 6.07) is 16.8. The Kier molecular flexibility index (Phi) is 7.33. The molecule has 140 valence electrons. The summed E-state index contributed by atoms with van der Waals surface area (Å²) in [6.45, 7) is 2.93. The fraction of sp³-hybridized carbons (Fsp3) is 0.350. The first-order valence-electron chi connectivity index (χ1n) is 8.76. The molecule has 2 aliphatic rings. The Morgan fingerprint density at radius 3 is 2.62 bits per heavy atom. The number of benzene rings is 2. The van der Waals surface area contributed by atoms with E-state index in [2.05, 4.69) is 51.9 Å². The summed E-state index contributed by atoms with van der Waals surface area (Å²) in [4.78, 5) is 14.6. The van der Waals surface area contributed by atoms with Gasteiger partial charge in [-0.1, -0.05) is 30.3 Å². The second-order valence-corrected chi connectivity index (χ2v) is 6.64. The predicted octanol–water partition coefficient (Wildman–Crippen LogP) is 3.78. The van der Waals surface area contributed by atoms with Gasteiger partial charge in [0, 0.05) is 24.5 Å². The first kappa shape index (κ1) is 20.6. The van der Waals surface area contributed by atoms with Crippen LogP contribution in [0.5, 0.6) is 0 Å². The molecule has 2 aliphatic heterocycles. The van der Waals surface area contributed by atoms with Crippen LogP contribution in [0, 0.1) is 0 Å². The van der Waals surface area contributed by atoms with Gasteiger partial charge >= 0.3 is 0 Å². The number of carbonyl (C=O) groups is 1. The molecular weight excluding hydrogens is 369 g/mol. The standard InChI is InChI=1S/C20H23N3O.2ClH/c24-20(18-5-3-12-21-18)22-17-9-7-15(8-10-17)14-23-13-11-16-4-1-2-6-19(16)23;;/h1-2,4,6-10,18,21H,3,5,11-14H2,(H,22,24);2*1H. The first-order valence-corrected chi connectivity index (χ1v) is 8.76. The van der Waals surface area contributed by atoms with Gasteiger partial charge in [-0.25, -0.2) is 0 Å². The molecule has 0 bridgehead atoms. The second kappa shape index (κ2) is 9.26. The minimum atomic E-state index is -0.0363. The van der Waals surface area contributed by atoms with Crippen LogP contribution in [-0.2, 0) is 17.8 Å². The topological polar surface area (TPSA) is 44.4 Å². The number of amides is 1. The minimum Gasteiger partial charge on any atom is -0.367 e. The van der Waals surface area contributed by atoms with Gasteiger partial charge in [0.1, 0.15) is 0 Å². The molecule has 0 radical (unpaired) electrons. The fourth-order valence-corrected chi connectivity index (χ4v) is 3.62. The summed E-state index contributed by atoms with van der Waals surface area (Å²) in [5.41, 5.74) is 4.93. The molecule has 1 unspecified atom stereocenters. The van der Waals surface area contributed by atoms with E-state index in [-0.39, 0.29) is 36.8 Å². The Hall–Kier alpha value is -1.75. The Balaban J connectivity index is 0.00000121. The van der Waals surface area contributed by atoms with Crippen LogP contribution >= 0.6 is 24.8 Å². The number of nitrogens with zero attached hydrogens (tertiary/aromatic N) is 1. The first-order chi connectivity index (χ1) is 11.8. The Bertz CT molecular complexity index is 730. The van der Waals surface area contributed by atoms with Crippen LogP contribution in [-0.4, -0.2) is 25.0 Å². The van der Waals surface area contributed by atoms with Crippen molar-refractivity contribution in [2.75, 3.05) is 23.3 Å². The summed E-state index contributed by atoms with van der Waals surface area (Å²) < 4.78 is 0. The summed E-state index contributed by atoms with van der Waals surface area (Å²) in [5, 5.41) is 6.23. The van der Waals surface area contributed by atoms with Gasteiger partial charge in [0.2, 0.25) is 5.91 Å². The van der Waals surface area contributed by atoms with Crippen molar-refractivity contribution in [2.24, 2.45) is 0 Å². The van der Waals surface area contributed by atoms with Crippen molar-refractivity contribution in [1.29, 1.82) is 0 Å². The third-order valence-corrected chi connectivity index (χ3v) is 4.96. The lowest BCUT2D eigenvalue weighted by Crippen LogP contribution is -2.35. The van der Waals surface area contributed by atoms with E-state index >= 15 is 0 Å². The SMILES string of the molecule is Cl.Cl.O=C(Nc1ccc(CN2CCc3ccccc32)cc1)C1CCCN1. The Morgan fingerprint density at radius 2 is 1.88 bits per heavy atom. The van der Waals surface area contributed by atoms with E-state index in [0.29, 0.717) is 0 Å². The van der Waals surface area contributed by atoms with Crippen molar-refractivity contribution >= 4 is 42.1 Å². The largest absolute Gasteiger partial charge is 0.367 e. The number of para-hydroxylation sites is 1. The number of halogens is 2. The van der Waals surface area contributed by atoms with E-state index < -0.39 is 0 Å². The highest BCUT2D eigenvalue weighted by molar-refractivity contribution is 5.95. The summed E-state index contributed by atoms with van der Waals surface area (Å²) in [5.74, 6) is 0.0775. The van der Waals surface area contributed by atoms with E-state index in [0.717, 1.165) is 44.6 Å². The number of fused-ring (bicyclic) bond motifs is 1. The van der Waals surface area contributed by atoms with Gasteiger partial charge in [-0.15, -0.1) is 24.8 Å². The molecule has 1 fully saturated rings. The van der Waals surface area contributed by atoms with Crippen molar-refractivity contribution in [3.8, 4) is 0 Å². The van der Waals surface area contributed by atoms with E-state index in [1.54, 1.807) is 0 Å². The maximum Gasteiger partial charge on any atom is 0.241 e. The van der Waals surface area contributed by atoms with E-state index in [9.17, 15) is 4.79 Å². The van der Waals surface area contributed by atoms with E-state index in [1.807, 2.05) is 12.1 Å². The van der Waals surface area contributed by atoms with Gasteiger partial charge in [0.15, 0.2) is 0 Å². The zero-order chi connectivity index (χ0) is 16.4. The summed E-state index contributed by atoms with van der Waals surface area (Å²) in [6.07, 6.45) is 3.13. The van der Waals surface area contributed by atoms with Crippen molar-refractivity contribution in [2.45, 2.75) is 31.8 Å². The highest BCUT2D eigenvalue weighted by Crippen LogP contribution is 2.29. The van der Waals surface area contributed by atoms with Crippen LogP contribution in [0.2, 0.25) is 0 Å². The Labute approximate surface area is 167 Å². The normalized spacial score (nSPS) is 17.8. The average molecular weight is 394 g/mol. The molecule has 0 aliphatic carbocycles. The lowest BCUT2D eigenvalue weighted by Gasteiger charge is -2.19. The molecule has 1 saturated heterocycles. The molecule has 2 aromatic rings. The lowest BCUT2D eigenvalue weighted by molar-refractivity contribution is -0.117. The van der Waals surface area contributed by atoms with Crippen molar-refractivity contribution in [1.82, 2.24) is 5.32 Å². The number of hydrogen-bond donors (Lipinski definition) is 2. The number of nitrogens with one attached hydrogen (secondary N) is 2. The van der Waals surface area contributed by atoms with Gasteiger partial charge in [0.05, 0.1) is 6.04 Å². The molecule has 4 rings (SSSR count). The molecular formula is C20H25Cl2N3O. The molecule has 0 spiro atoms. The molecule has 1 amide bonds. The van der Waals surface area contributed by atoms with E-state index in [1.165, 1.54) is 16.8 Å². The van der Waals surface area contributed by atoms with Gasteiger partial charge < -0.3 is 15.5 Å². The van der Waals surface area contributed by atoms with Crippen LogP contribution in [0.1, 0.15) is 24.0 Å². The van der Waals surface area contributed by atoms with Crippen LogP contribution < -0.4 is 15.5 Å². The smallest absolute Gasteiger partial charge is 0.241 e. The predicted molar refractivity (Wildman–Crippen MR) is 112 cm³/mol. The minimum absolute atomic E-state index is 0. The van der Waals surface area contributed by atoms with Crippen LogP contribution in [0.25, 0.3) is 0 Å². The Morgan fingerprint density at radius 1 is 1.12 bits per heavy atom. The van der Waals surface area contributed by atoms with Gasteiger partial charge in [-0.3, -0.25) is 4.79 Å². The molecule has 6 heteroatoms. The van der Waals surface area contributed by atoms with Crippen molar-refractivity contribution < 1.29 is 4.79 Å². The quantitative estimate of drug-likeness (QED) is 0.830. The van der Waals surface area contributed by atoms with Crippen molar-refractivity contribution in [3.63, 3.8) is 0 Å². The van der Waals surface area contributed by atoms with Crippen LogP contribution in [0.15, 0.2) is 48.5 Å². The van der Waals surface area contributed by atoms with Crippen LogP contribution in [0.4, 0.5) is 11.4 Å². The monoisotopic (exact) mass is 393 g/mol. The lowest BCUT2D eigenvalue weighted by atomic mass is 10.1. The molecule has 4 nitrogen and oxygen atoms in total. The summed E-state index contributed by atoms with van der Waals surface area (Å²) >= 11 is 0. The molecule has 2 aromatic carbocycles. The van der Waals surface area contributed by atoms with Crippen LogP contribution in [0.3, 0.4) is 0 Å². The maximum atomic E-state index is 12.1. The number of carbonyl (C=O) groups excluding carboxylic acids is 1. The molecule has 2 N–H and O–H groups in total. The second-order valence-electron chi connectivity index (χ2n) is 6.64. The number of rotatable bonds is 4. The zero-order valence-corrected chi connectivity index (χ0v) is 16.2. The number of anilines is 2.